The van der Waals surface area contributed by atoms with E-state index in [1.165, 1.54) is 7.05 Å². The van der Waals surface area contributed by atoms with Gasteiger partial charge in [-0.1, -0.05) is 0 Å². The van der Waals surface area contributed by atoms with E-state index in [2.05, 4.69) is 5.32 Å². The molecule has 1 heterocycles. The number of imide groups is 1. The van der Waals surface area contributed by atoms with Crippen molar-refractivity contribution in [2.75, 3.05) is 14.1 Å². The second kappa shape index (κ2) is 2.38. The normalized spacial score (nSPS) is 18.3. The SMILES string of the molecule is CNC1=C(C)C(=O)N(C)C1=O. The molecule has 11 heavy (non-hydrogen) atoms. The quantitative estimate of drug-likeness (QED) is 0.517. The van der Waals surface area contributed by atoms with Crippen LogP contribution < -0.4 is 5.32 Å². The third kappa shape index (κ3) is 0.906. The molecule has 1 rings (SSSR count). The van der Waals surface area contributed by atoms with Gasteiger partial charge in [-0.05, 0) is 6.92 Å². The number of hydrogen-bond donors (Lipinski definition) is 1. The van der Waals surface area contributed by atoms with Crippen molar-refractivity contribution in [3.63, 3.8) is 0 Å². The number of nitrogens with zero attached hydrogens (tertiary/aromatic N) is 1. The molecule has 0 atom stereocenters. The van der Waals surface area contributed by atoms with Crippen molar-refractivity contribution in [1.29, 1.82) is 0 Å². The molecule has 0 aliphatic carbocycles. The maximum atomic E-state index is 11.1. The first-order valence-electron chi connectivity index (χ1n) is 3.30. The lowest BCUT2D eigenvalue weighted by Crippen LogP contribution is -2.28. The smallest absolute Gasteiger partial charge is 0.277 e. The van der Waals surface area contributed by atoms with Crippen LogP contribution in [0.4, 0.5) is 0 Å². The monoisotopic (exact) mass is 154 g/mol. The Bertz CT molecular complexity index is 255. The fraction of sp³-hybridized carbons (Fsp3) is 0.429. The van der Waals surface area contributed by atoms with E-state index in [1.807, 2.05) is 0 Å². The van der Waals surface area contributed by atoms with Crippen LogP contribution in [0.2, 0.25) is 0 Å². The van der Waals surface area contributed by atoms with E-state index >= 15 is 0 Å². The molecule has 0 aromatic heterocycles. The molecule has 2 amide bonds. The summed E-state index contributed by atoms with van der Waals surface area (Å²) in [6.07, 6.45) is 0. The van der Waals surface area contributed by atoms with Crippen molar-refractivity contribution in [1.82, 2.24) is 10.2 Å². The first-order valence-corrected chi connectivity index (χ1v) is 3.30. The fourth-order valence-electron chi connectivity index (χ4n) is 1.07. The molecule has 1 aliphatic heterocycles. The minimum Gasteiger partial charge on any atom is -0.383 e. The third-order valence-electron chi connectivity index (χ3n) is 1.77. The minimum absolute atomic E-state index is 0.223. The van der Waals surface area contributed by atoms with E-state index in [-0.39, 0.29) is 11.8 Å². The predicted molar refractivity (Wildman–Crippen MR) is 39.5 cm³/mol. The van der Waals surface area contributed by atoms with Gasteiger partial charge in [0.15, 0.2) is 0 Å². The van der Waals surface area contributed by atoms with Crippen LogP contribution >= 0.6 is 0 Å². The highest BCUT2D eigenvalue weighted by Gasteiger charge is 2.31. The van der Waals surface area contributed by atoms with Gasteiger partial charge in [0.05, 0.1) is 0 Å². The van der Waals surface area contributed by atoms with E-state index in [0.717, 1.165) is 4.90 Å². The molecule has 60 valence electrons. The zero-order valence-corrected chi connectivity index (χ0v) is 6.76. The molecule has 0 bridgehead atoms. The first-order chi connectivity index (χ1) is 5.09. The molecule has 0 fully saturated rings. The van der Waals surface area contributed by atoms with E-state index < -0.39 is 0 Å². The topological polar surface area (TPSA) is 49.4 Å². The molecule has 0 saturated carbocycles. The molecule has 4 heteroatoms. The van der Waals surface area contributed by atoms with Crippen LogP contribution in [0.3, 0.4) is 0 Å². The lowest BCUT2D eigenvalue weighted by atomic mass is 10.3. The Balaban J connectivity index is 3.08. The van der Waals surface area contributed by atoms with Crippen molar-refractivity contribution in [3.05, 3.63) is 11.3 Å². The average molecular weight is 154 g/mol. The van der Waals surface area contributed by atoms with E-state index in [4.69, 9.17) is 0 Å². The van der Waals surface area contributed by atoms with Crippen LogP contribution in [0, 0.1) is 0 Å². The molecule has 0 aromatic rings. The van der Waals surface area contributed by atoms with Gasteiger partial charge < -0.3 is 5.32 Å². The summed E-state index contributed by atoms with van der Waals surface area (Å²) >= 11 is 0. The van der Waals surface area contributed by atoms with Gasteiger partial charge in [-0.15, -0.1) is 0 Å². The summed E-state index contributed by atoms with van der Waals surface area (Å²) in [5.74, 6) is -0.477. The maximum absolute atomic E-state index is 11.1. The summed E-state index contributed by atoms with van der Waals surface area (Å²) in [5, 5.41) is 2.69. The standard InChI is InChI=1S/C7H10N2O2/c1-4-5(8-2)7(11)9(3)6(4)10/h8H,1-3H3. The van der Waals surface area contributed by atoms with Crippen molar-refractivity contribution >= 4 is 11.8 Å². The summed E-state index contributed by atoms with van der Waals surface area (Å²) in [6.45, 7) is 1.63. The molecule has 0 aromatic carbocycles. The van der Waals surface area contributed by atoms with Crippen LogP contribution in [0.25, 0.3) is 0 Å². The minimum atomic E-state index is -0.255. The third-order valence-corrected chi connectivity index (χ3v) is 1.77. The second-order valence-electron chi connectivity index (χ2n) is 2.42. The molecule has 1 aliphatic rings. The number of nitrogens with one attached hydrogen (secondary N) is 1. The largest absolute Gasteiger partial charge is 0.383 e. The fourth-order valence-corrected chi connectivity index (χ4v) is 1.07. The van der Waals surface area contributed by atoms with Gasteiger partial charge >= 0.3 is 0 Å². The number of amides is 2. The summed E-state index contributed by atoms with van der Waals surface area (Å²) in [4.78, 5) is 23.3. The molecule has 0 unspecified atom stereocenters. The Kier molecular flexibility index (Phi) is 1.68. The van der Waals surface area contributed by atoms with Crippen LogP contribution in [0.1, 0.15) is 6.92 Å². The van der Waals surface area contributed by atoms with E-state index in [0.29, 0.717) is 11.3 Å². The molecular formula is C7H10N2O2. The predicted octanol–water partition coefficient (Wildman–Crippen LogP) is -0.522. The first kappa shape index (κ1) is 7.78. The van der Waals surface area contributed by atoms with Gasteiger partial charge in [0, 0.05) is 19.7 Å². The number of carbonyl (C=O) groups is 2. The van der Waals surface area contributed by atoms with Crippen LogP contribution in [0.5, 0.6) is 0 Å². The molecule has 1 N–H and O–H groups in total. The number of carbonyl (C=O) groups excluding carboxylic acids is 2. The highest BCUT2D eigenvalue weighted by molar-refractivity contribution is 6.18. The van der Waals surface area contributed by atoms with Gasteiger partial charge in [-0.3, -0.25) is 14.5 Å². The van der Waals surface area contributed by atoms with Crippen LogP contribution in [0.15, 0.2) is 11.3 Å². The van der Waals surface area contributed by atoms with Crippen molar-refractivity contribution in [3.8, 4) is 0 Å². The Morgan fingerprint density at radius 3 is 2.00 bits per heavy atom. The van der Waals surface area contributed by atoms with Gasteiger partial charge in [0.2, 0.25) is 0 Å². The summed E-state index contributed by atoms with van der Waals surface area (Å²) in [5.41, 5.74) is 0.887. The summed E-state index contributed by atoms with van der Waals surface area (Å²) < 4.78 is 0. The van der Waals surface area contributed by atoms with Crippen LogP contribution in [-0.4, -0.2) is 30.8 Å². The van der Waals surface area contributed by atoms with Crippen molar-refractivity contribution < 1.29 is 9.59 Å². The molecular weight excluding hydrogens is 144 g/mol. The molecule has 0 saturated heterocycles. The lowest BCUT2D eigenvalue weighted by molar-refractivity contribution is -0.136. The maximum Gasteiger partial charge on any atom is 0.277 e. The zero-order valence-electron chi connectivity index (χ0n) is 6.76. The average Bonchev–Trinajstić information content (AvgIpc) is 2.17. The molecule has 4 nitrogen and oxygen atoms in total. The van der Waals surface area contributed by atoms with Crippen molar-refractivity contribution in [2.45, 2.75) is 6.92 Å². The van der Waals surface area contributed by atoms with Crippen molar-refractivity contribution in [2.24, 2.45) is 0 Å². The highest BCUT2D eigenvalue weighted by atomic mass is 16.2. The van der Waals surface area contributed by atoms with Crippen LogP contribution in [-0.2, 0) is 9.59 Å². The molecule has 0 radical (unpaired) electrons. The Labute approximate surface area is 64.9 Å². The van der Waals surface area contributed by atoms with E-state index in [1.54, 1.807) is 14.0 Å². The van der Waals surface area contributed by atoms with Gasteiger partial charge in [-0.2, -0.15) is 0 Å². The van der Waals surface area contributed by atoms with Gasteiger partial charge in [0.25, 0.3) is 11.8 Å². The van der Waals surface area contributed by atoms with Gasteiger partial charge in [0.1, 0.15) is 5.70 Å². The summed E-state index contributed by atoms with van der Waals surface area (Å²) in [7, 11) is 3.10. The number of likely N-dealkylation sites (N-methyl/N-ethyl adjacent to an activating group) is 2. The zero-order chi connectivity index (χ0) is 8.59. The summed E-state index contributed by atoms with van der Waals surface area (Å²) in [6, 6.07) is 0. The Morgan fingerprint density at radius 2 is 1.82 bits per heavy atom. The van der Waals surface area contributed by atoms with E-state index in [9.17, 15) is 9.59 Å². The van der Waals surface area contributed by atoms with Gasteiger partial charge in [-0.25, -0.2) is 0 Å². The Hall–Kier alpha value is -1.32. The second-order valence-corrected chi connectivity index (χ2v) is 2.42. The molecule has 0 spiro atoms. The number of hydrogen-bond acceptors (Lipinski definition) is 3. The Morgan fingerprint density at radius 1 is 1.27 bits per heavy atom. The lowest BCUT2D eigenvalue weighted by Gasteiger charge is -2.05. The highest BCUT2D eigenvalue weighted by Crippen LogP contribution is 2.15. The number of rotatable bonds is 1.